The molecule has 0 N–H and O–H groups in total. The third-order valence-electron chi connectivity index (χ3n) is 3.48. The van der Waals surface area contributed by atoms with Crippen LogP contribution in [-0.2, 0) is 0 Å². The van der Waals surface area contributed by atoms with Crippen LogP contribution in [0.4, 0.5) is 5.69 Å². The highest BCUT2D eigenvalue weighted by Gasteiger charge is 2.30. The Morgan fingerprint density at radius 3 is 2.76 bits per heavy atom. The third-order valence-corrected chi connectivity index (χ3v) is 4.05. The van der Waals surface area contributed by atoms with Crippen molar-refractivity contribution in [3.05, 3.63) is 66.5 Å². The molecule has 0 spiro atoms. The number of halogens is 1. The minimum absolute atomic E-state index is 0.0340. The fraction of sp³-hybridized carbons (Fsp3) is 0.188. The lowest BCUT2D eigenvalue weighted by Crippen LogP contribution is -2.38. The first-order chi connectivity index (χ1) is 11.7. The van der Waals surface area contributed by atoms with Gasteiger partial charge in [-0.2, -0.15) is 5.26 Å². The molecule has 2 heterocycles. The summed E-state index contributed by atoms with van der Waals surface area (Å²) in [5.41, 5.74) is -0.987. The van der Waals surface area contributed by atoms with Crippen molar-refractivity contribution in [1.82, 2.24) is 4.57 Å². The van der Waals surface area contributed by atoms with Crippen LogP contribution in [0.25, 0.3) is 0 Å². The van der Waals surface area contributed by atoms with Gasteiger partial charge in [-0.3, -0.25) is 19.5 Å². The first-order valence-electron chi connectivity index (χ1n) is 7.12. The molecule has 1 aliphatic rings. The van der Waals surface area contributed by atoms with Crippen molar-refractivity contribution < 1.29 is 9.66 Å². The number of pyridine rings is 1. The molecule has 8 nitrogen and oxygen atoms in total. The van der Waals surface area contributed by atoms with Gasteiger partial charge < -0.3 is 4.74 Å². The lowest BCUT2D eigenvalue weighted by molar-refractivity contribution is -0.385. The molecule has 0 saturated carbocycles. The van der Waals surface area contributed by atoms with E-state index in [0.29, 0.717) is 16.9 Å². The summed E-state index contributed by atoms with van der Waals surface area (Å²) in [6.45, 7) is 3.40. The van der Waals surface area contributed by atoms with Crippen molar-refractivity contribution in [2.24, 2.45) is 4.99 Å². The van der Waals surface area contributed by atoms with E-state index in [1.807, 2.05) is 6.07 Å². The molecule has 1 aromatic carbocycles. The van der Waals surface area contributed by atoms with Gasteiger partial charge >= 0.3 is 0 Å². The fourth-order valence-corrected chi connectivity index (χ4v) is 2.87. The van der Waals surface area contributed by atoms with Crippen molar-refractivity contribution in [3.8, 4) is 11.8 Å². The van der Waals surface area contributed by atoms with E-state index in [9.17, 15) is 14.9 Å². The predicted molar refractivity (Wildman–Crippen MR) is 92.9 cm³/mol. The number of hydrogen-bond acceptors (Lipinski definition) is 6. The Bertz CT molecular complexity index is 1030. The van der Waals surface area contributed by atoms with E-state index in [2.05, 4.69) is 20.9 Å². The third kappa shape index (κ3) is 3.04. The Balaban J connectivity index is 2.33. The van der Waals surface area contributed by atoms with E-state index in [0.717, 1.165) is 16.8 Å². The first-order valence-corrected chi connectivity index (χ1v) is 7.91. The Morgan fingerprint density at radius 2 is 2.12 bits per heavy atom. The van der Waals surface area contributed by atoms with Gasteiger partial charge in [-0.15, -0.1) is 0 Å². The molecule has 3 rings (SSSR count). The summed E-state index contributed by atoms with van der Waals surface area (Å²) in [5.74, 6) is 0.612. The average molecular weight is 403 g/mol. The van der Waals surface area contributed by atoms with Gasteiger partial charge in [0.1, 0.15) is 11.6 Å². The summed E-state index contributed by atoms with van der Waals surface area (Å²) in [6, 6.07) is 7.88. The highest BCUT2D eigenvalue weighted by atomic mass is 79.9. The molecule has 0 unspecified atom stereocenters. The number of nitro groups is 1. The molecular formula is C16H11BrN4O4. The van der Waals surface area contributed by atoms with Gasteiger partial charge in [-0.25, -0.2) is 4.99 Å². The molecule has 0 aliphatic carbocycles. The maximum atomic E-state index is 12.5. The molecule has 0 radical (unpaired) electrons. The Labute approximate surface area is 150 Å². The smallest absolute Gasteiger partial charge is 0.287 e. The van der Waals surface area contributed by atoms with E-state index < -0.39 is 16.2 Å². The van der Waals surface area contributed by atoms with Gasteiger partial charge in [0.2, 0.25) is 0 Å². The van der Waals surface area contributed by atoms with Crippen LogP contribution in [0.15, 0.2) is 44.7 Å². The summed E-state index contributed by atoms with van der Waals surface area (Å²) in [4.78, 5) is 27.5. The van der Waals surface area contributed by atoms with Gasteiger partial charge in [-0.05, 0) is 48.0 Å². The molecule has 9 heteroatoms. The van der Waals surface area contributed by atoms with E-state index >= 15 is 0 Å². The van der Waals surface area contributed by atoms with Crippen molar-refractivity contribution in [2.45, 2.75) is 19.6 Å². The van der Waals surface area contributed by atoms with Crippen molar-refractivity contribution in [3.63, 3.8) is 0 Å². The maximum Gasteiger partial charge on any atom is 0.287 e. The zero-order valence-corrected chi connectivity index (χ0v) is 14.8. The summed E-state index contributed by atoms with van der Waals surface area (Å²) in [7, 11) is 0. The molecular weight excluding hydrogens is 392 g/mol. The molecule has 0 fully saturated rings. The highest BCUT2D eigenvalue weighted by Crippen LogP contribution is 2.31. The number of nitriles is 1. The Morgan fingerprint density at radius 1 is 1.40 bits per heavy atom. The lowest BCUT2D eigenvalue weighted by atomic mass is 10.1. The Kier molecular flexibility index (Phi) is 3.93. The van der Waals surface area contributed by atoms with Gasteiger partial charge in [0.05, 0.1) is 32.8 Å². The van der Waals surface area contributed by atoms with Crippen LogP contribution in [0, 0.1) is 21.4 Å². The van der Waals surface area contributed by atoms with Crippen molar-refractivity contribution in [2.75, 3.05) is 0 Å². The molecule has 0 atom stereocenters. The average Bonchev–Trinajstić information content (AvgIpc) is 2.55. The minimum Gasteiger partial charge on any atom is -0.466 e. The van der Waals surface area contributed by atoms with E-state index in [4.69, 9.17) is 10.00 Å². The topological polar surface area (TPSA) is 111 Å². The second-order valence-electron chi connectivity index (χ2n) is 5.79. The molecule has 126 valence electrons. The van der Waals surface area contributed by atoms with Crippen LogP contribution >= 0.6 is 15.9 Å². The fourth-order valence-electron chi connectivity index (χ4n) is 2.45. The van der Waals surface area contributed by atoms with Crippen molar-refractivity contribution in [1.29, 1.82) is 5.26 Å². The predicted octanol–water partition coefficient (Wildman–Crippen LogP) is 2.81. The molecule has 1 aromatic heterocycles. The molecule has 2 aromatic rings. The van der Waals surface area contributed by atoms with Gasteiger partial charge in [0, 0.05) is 6.07 Å². The Hall–Kier alpha value is -2.99. The summed E-state index contributed by atoms with van der Waals surface area (Å²) in [5, 5.41) is 20.3. The molecule has 0 saturated heterocycles. The maximum absolute atomic E-state index is 12.5. The lowest BCUT2D eigenvalue weighted by Gasteiger charge is -2.30. The second kappa shape index (κ2) is 5.82. The normalized spacial score (nSPS) is 14.7. The summed E-state index contributed by atoms with van der Waals surface area (Å²) in [6.07, 6.45) is 1.11. The van der Waals surface area contributed by atoms with Crippen LogP contribution in [-0.4, -0.2) is 21.1 Å². The van der Waals surface area contributed by atoms with Crippen LogP contribution in [0.3, 0.4) is 0 Å². The number of ether oxygens (including phenoxy) is 1. The number of rotatable bonds is 1. The zero-order valence-electron chi connectivity index (χ0n) is 13.2. The standard InChI is InChI=1S/C16H11BrN4O4/c1-16(2)19-14(11-5-9(7-18)3-4-13(11)25-16)20-8-10(21(23)24)6-12(17)15(20)22/h3-6,8H,1-2H3. The molecule has 0 bridgehead atoms. The SMILES string of the molecule is CC1(C)N=C(n2cc([N+](=O)[O-])cc(Br)c2=O)c2cc(C#N)ccc2O1. The van der Waals surface area contributed by atoms with Gasteiger partial charge in [0.25, 0.3) is 11.2 Å². The monoisotopic (exact) mass is 402 g/mol. The van der Waals surface area contributed by atoms with E-state index in [-0.39, 0.29) is 16.0 Å². The number of aliphatic imine (C=N–C) groups is 1. The number of hydrogen-bond donors (Lipinski definition) is 0. The van der Waals surface area contributed by atoms with Gasteiger partial charge in [-0.1, -0.05) is 0 Å². The summed E-state index contributed by atoms with van der Waals surface area (Å²) >= 11 is 3.05. The van der Waals surface area contributed by atoms with E-state index in [1.54, 1.807) is 26.0 Å². The molecule has 1 aliphatic heterocycles. The van der Waals surface area contributed by atoms with Gasteiger partial charge in [0.15, 0.2) is 5.72 Å². The largest absolute Gasteiger partial charge is 0.466 e. The zero-order chi connectivity index (χ0) is 18.4. The minimum atomic E-state index is -0.979. The number of aromatic nitrogens is 1. The quantitative estimate of drug-likeness (QED) is 0.537. The van der Waals surface area contributed by atoms with Crippen LogP contribution < -0.4 is 10.3 Å². The molecule has 0 amide bonds. The molecule has 25 heavy (non-hydrogen) atoms. The first kappa shape index (κ1) is 16.9. The van der Waals surface area contributed by atoms with E-state index in [1.165, 1.54) is 6.07 Å². The second-order valence-corrected chi connectivity index (χ2v) is 6.64. The number of nitrogens with zero attached hydrogens (tertiary/aromatic N) is 4. The van der Waals surface area contributed by atoms with Crippen LogP contribution in [0.5, 0.6) is 5.75 Å². The number of benzene rings is 1. The summed E-state index contributed by atoms with van der Waals surface area (Å²) < 4.78 is 6.88. The number of fused-ring (bicyclic) bond motifs is 1. The van der Waals surface area contributed by atoms with Crippen LogP contribution in [0.2, 0.25) is 0 Å². The van der Waals surface area contributed by atoms with Crippen molar-refractivity contribution >= 4 is 27.5 Å². The highest BCUT2D eigenvalue weighted by molar-refractivity contribution is 9.10. The van der Waals surface area contributed by atoms with Crippen LogP contribution in [0.1, 0.15) is 25.0 Å².